The van der Waals surface area contributed by atoms with Gasteiger partial charge in [0, 0.05) is 11.4 Å². The summed E-state index contributed by atoms with van der Waals surface area (Å²) in [4.78, 5) is 0. The summed E-state index contributed by atoms with van der Waals surface area (Å²) in [5.74, 6) is -2.05. The van der Waals surface area contributed by atoms with Gasteiger partial charge in [-0.15, -0.1) is 0 Å². The van der Waals surface area contributed by atoms with E-state index in [1.807, 2.05) is 0 Å². The van der Waals surface area contributed by atoms with E-state index in [1.54, 1.807) is 18.2 Å². The molecular weight excluding hydrogens is 270 g/mol. The zero-order valence-corrected chi connectivity index (χ0v) is 9.55. The van der Waals surface area contributed by atoms with E-state index in [0.717, 1.165) is 11.4 Å². The highest BCUT2D eigenvalue weighted by Gasteiger charge is 2.39. The van der Waals surface area contributed by atoms with Crippen molar-refractivity contribution in [3.05, 3.63) is 22.7 Å². The molecule has 0 amide bonds. The Morgan fingerprint density at radius 3 is 2.80 bits per heavy atom. The summed E-state index contributed by atoms with van der Waals surface area (Å²) in [6.07, 6.45) is -1.22. The van der Waals surface area contributed by atoms with Crippen LogP contribution in [-0.4, -0.2) is 18.6 Å². The minimum Gasteiger partial charge on any atom is -0.486 e. The van der Waals surface area contributed by atoms with Crippen molar-refractivity contribution in [2.45, 2.75) is 19.0 Å². The predicted octanol–water partition coefficient (Wildman–Crippen LogP) is 3.24. The molecule has 1 aliphatic rings. The Kier molecular flexibility index (Phi) is 2.58. The Bertz CT molecular complexity index is 376. The first kappa shape index (κ1) is 10.7. The first-order valence-corrected chi connectivity index (χ1v) is 5.23. The maximum atomic E-state index is 13.0. The molecule has 0 fully saturated rings. The lowest BCUT2D eigenvalue weighted by molar-refractivity contribution is -0.105. The fraction of sp³-hybridized carbons (Fsp3) is 0.400. The van der Waals surface area contributed by atoms with Gasteiger partial charge in [0.15, 0.2) is 17.6 Å². The average Bonchev–Trinajstić information content (AvgIpc) is 2.15. The highest BCUT2D eigenvalue weighted by atomic mass is 79.9. The van der Waals surface area contributed by atoms with E-state index < -0.39 is 12.0 Å². The fourth-order valence-electron chi connectivity index (χ4n) is 1.30. The Hall–Kier alpha value is -0.840. The molecule has 5 heteroatoms. The molecule has 1 unspecified atom stereocenters. The Balaban J connectivity index is 2.26. The number of hydrogen-bond donors (Lipinski definition) is 0. The van der Waals surface area contributed by atoms with Crippen molar-refractivity contribution in [2.75, 3.05) is 6.61 Å². The first-order chi connectivity index (χ1) is 6.97. The van der Waals surface area contributed by atoms with Crippen LogP contribution in [0.1, 0.15) is 6.92 Å². The van der Waals surface area contributed by atoms with Crippen LogP contribution in [0.4, 0.5) is 8.78 Å². The third-order valence-electron chi connectivity index (χ3n) is 2.13. The monoisotopic (exact) mass is 278 g/mol. The van der Waals surface area contributed by atoms with Gasteiger partial charge in [0.25, 0.3) is 5.92 Å². The maximum absolute atomic E-state index is 13.0. The first-order valence-electron chi connectivity index (χ1n) is 4.43. The average molecular weight is 279 g/mol. The molecule has 0 saturated heterocycles. The van der Waals surface area contributed by atoms with Crippen LogP contribution >= 0.6 is 15.9 Å². The highest BCUT2D eigenvalue weighted by Crippen LogP contribution is 2.37. The number of hydrogen-bond acceptors (Lipinski definition) is 2. The second-order valence-corrected chi connectivity index (χ2v) is 4.38. The molecule has 1 heterocycles. The van der Waals surface area contributed by atoms with E-state index in [4.69, 9.17) is 9.47 Å². The number of fused-ring (bicyclic) bond motifs is 1. The van der Waals surface area contributed by atoms with Gasteiger partial charge >= 0.3 is 0 Å². The van der Waals surface area contributed by atoms with Crippen molar-refractivity contribution in [1.82, 2.24) is 0 Å². The Labute approximate surface area is 94.3 Å². The lowest BCUT2D eigenvalue weighted by atomic mass is 10.2. The number of benzene rings is 1. The second kappa shape index (κ2) is 3.63. The van der Waals surface area contributed by atoms with Crippen molar-refractivity contribution in [2.24, 2.45) is 0 Å². The molecule has 15 heavy (non-hydrogen) atoms. The van der Waals surface area contributed by atoms with Crippen molar-refractivity contribution < 1.29 is 18.3 Å². The van der Waals surface area contributed by atoms with Crippen molar-refractivity contribution in [1.29, 1.82) is 0 Å². The zero-order valence-electron chi connectivity index (χ0n) is 7.97. The van der Waals surface area contributed by atoms with Gasteiger partial charge in [0.1, 0.15) is 6.61 Å². The lowest BCUT2D eigenvalue weighted by Crippen LogP contribution is -2.42. The van der Waals surface area contributed by atoms with Gasteiger partial charge in [-0.25, -0.2) is 8.78 Å². The molecule has 82 valence electrons. The van der Waals surface area contributed by atoms with Gasteiger partial charge < -0.3 is 9.47 Å². The van der Waals surface area contributed by atoms with Gasteiger partial charge in [-0.3, -0.25) is 0 Å². The smallest absolute Gasteiger partial charge is 0.284 e. The summed E-state index contributed by atoms with van der Waals surface area (Å²) in [7, 11) is 0. The second-order valence-electron chi connectivity index (χ2n) is 3.46. The summed E-state index contributed by atoms with van der Waals surface area (Å²) in [6, 6.07) is 5.07. The van der Waals surface area contributed by atoms with Crippen LogP contribution in [0, 0.1) is 0 Å². The standard InChI is InChI=1S/C10H9BrF2O2/c1-10(12,13)9-5-14-7-3-2-6(11)4-8(7)15-9/h2-4,9H,5H2,1H3. The van der Waals surface area contributed by atoms with Crippen molar-refractivity contribution >= 4 is 15.9 Å². The molecule has 0 N–H and O–H groups in total. The van der Waals surface area contributed by atoms with Crippen LogP contribution < -0.4 is 9.47 Å². The molecule has 0 saturated carbocycles. The van der Waals surface area contributed by atoms with Gasteiger partial charge in [0.2, 0.25) is 0 Å². The molecule has 0 aliphatic carbocycles. The minimum atomic E-state index is -2.90. The molecule has 1 aliphatic heterocycles. The summed E-state index contributed by atoms with van der Waals surface area (Å²) < 4.78 is 37.1. The predicted molar refractivity (Wildman–Crippen MR) is 54.7 cm³/mol. The third kappa shape index (κ3) is 2.22. The normalized spacial score (nSPS) is 20.1. The van der Waals surface area contributed by atoms with E-state index in [9.17, 15) is 8.78 Å². The molecule has 0 spiro atoms. The summed E-state index contributed by atoms with van der Waals surface area (Å²) in [6.45, 7) is 0.697. The number of ether oxygens (including phenoxy) is 2. The van der Waals surface area contributed by atoms with Crippen LogP contribution in [0.5, 0.6) is 11.5 Å². The third-order valence-corrected chi connectivity index (χ3v) is 2.62. The van der Waals surface area contributed by atoms with Crippen LogP contribution in [-0.2, 0) is 0 Å². The number of halogens is 3. The number of rotatable bonds is 1. The molecule has 1 aromatic rings. The highest BCUT2D eigenvalue weighted by molar-refractivity contribution is 9.10. The van der Waals surface area contributed by atoms with E-state index in [2.05, 4.69) is 15.9 Å². The summed E-state index contributed by atoms with van der Waals surface area (Å²) in [5, 5.41) is 0. The molecule has 1 aromatic carbocycles. The summed E-state index contributed by atoms with van der Waals surface area (Å²) in [5.41, 5.74) is 0. The van der Waals surface area contributed by atoms with E-state index in [0.29, 0.717) is 11.5 Å². The fourth-order valence-corrected chi connectivity index (χ4v) is 1.64. The van der Waals surface area contributed by atoms with Crippen molar-refractivity contribution in [3.63, 3.8) is 0 Å². The maximum Gasteiger partial charge on any atom is 0.284 e. The van der Waals surface area contributed by atoms with Gasteiger partial charge in [-0.2, -0.15) is 0 Å². The number of alkyl halides is 2. The van der Waals surface area contributed by atoms with E-state index in [-0.39, 0.29) is 6.61 Å². The van der Waals surface area contributed by atoms with E-state index in [1.165, 1.54) is 0 Å². The Morgan fingerprint density at radius 1 is 1.40 bits per heavy atom. The minimum absolute atomic E-state index is 0.127. The molecule has 0 aromatic heterocycles. The van der Waals surface area contributed by atoms with Crippen LogP contribution in [0.15, 0.2) is 22.7 Å². The van der Waals surface area contributed by atoms with Gasteiger partial charge in [-0.05, 0) is 18.2 Å². The topological polar surface area (TPSA) is 18.5 Å². The largest absolute Gasteiger partial charge is 0.486 e. The van der Waals surface area contributed by atoms with Crippen LogP contribution in [0.2, 0.25) is 0 Å². The summed E-state index contributed by atoms with van der Waals surface area (Å²) >= 11 is 3.24. The molecule has 0 radical (unpaired) electrons. The van der Waals surface area contributed by atoms with Crippen LogP contribution in [0.3, 0.4) is 0 Å². The zero-order chi connectivity index (χ0) is 11.1. The molecular formula is C10H9BrF2O2. The lowest BCUT2D eigenvalue weighted by Gasteiger charge is -2.30. The molecule has 1 atom stereocenters. The van der Waals surface area contributed by atoms with Gasteiger partial charge in [0.05, 0.1) is 0 Å². The van der Waals surface area contributed by atoms with Gasteiger partial charge in [-0.1, -0.05) is 15.9 Å². The molecule has 2 nitrogen and oxygen atoms in total. The van der Waals surface area contributed by atoms with Crippen LogP contribution in [0.25, 0.3) is 0 Å². The molecule has 0 bridgehead atoms. The quantitative estimate of drug-likeness (QED) is 0.785. The molecule has 2 rings (SSSR count). The SMILES string of the molecule is CC(F)(F)C1COc2ccc(Br)cc2O1. The van der Waals surface area contributed by atoms with E-state index >= 15 is 0 Å². The Morgan fingerprint density at radius 2 is 2.13 bits per heavy atom. The van der Waals surface area contributed by atoms with Crippen molar-refractivity contribution in [3.8, 4) is 11.5 Å².